The molecule has 0 aromatic heterocycles. The van der Waals surface area contributed by atoms with E-state index in [0.717, 1.165) is 102 Å². The second-order valence-electron chi connectivity index (χ2n) is 55.2. The van der Waals surface area contributed by atoms with Gasteiger partial charge < -0.3 is 43.9 Å². The van der Waals surface area contributed by atoms with E-state index in [1.165, 1.54) is 113 Å². The molecule has 26 nitrogen and oxygen atoms in total. The summed E-state index contributed by atoms with van der Waals surface area (Å²) >= 11 is 0. The number of ether oxygens (including phenoxy) is 1. The maximum Gasteiger partial charge on any atom is 0.410 e. The summed E-state index contributed by atoms with van der Waals surface area (Å²) in [7, 11) is 0. The fraction of sp³-hybridized carbons (Fsp3) is 0.917. The van der Waals surface area contributed by atoms with Crippen molar-refractivity contribution < 1.29 is 87.4 Å². The van der Waals surface area contributed by atoms with Gasteiger partial charge >= 0.3 is 24.6 Å². The van der Waals surface area contributed by atoms with Crippen LogP contribution in [0.1, 0.15) is 322 Å². The van der Waals surface area contributed by atoms with Crippen molar-refractivity contribution in [3.05, 3.63) is 0 Å². The van der Waals surface area contributed by atoms with Crippen molar-refractivity contribution in [1.29, 1.82) is 0 Å². The minimum atomic E-state index is -4.15. The molecule has 0 N–H and O–H groups in total. The Bertz CT molecular complexity index is 4360. The first kappa shape index (κ1) is 114. The van der Waals surface area contributed by atoms with Crippen molar-refractivity contribution in [3.63, 3.8) is 0 Å². The maximum atomic E-state index is 12.5. The van der Waals surface area contributed by atoms with Gasteiger partial charge in [0.25, 0.3) is 0 Å². The average molecular weight is 2030 g/mol. The lowest BCUT2D eigenvalue weighted by Crippen LogP contribution is -2.73. The van der Waals surface area contributed by atoms with Gasteiger partial charge in [-0.05, 0) is 136 Å². The minimum Gasteiger partial charge on any atom is -0.444 e. The van der Waals surface area contributed by atoms with Crippen LogP contribution < -0.4 is 0 Å². The van der Waals surface area contributed by atoms with E-state index in [1.807, 2.05) is 202 Å². The molecule has 4 saturated carbocycles. The lowest BCUT2D eigenvalue weighted by molar-refractivity contribution is -0.191. The smallest absolute Gasteiger partial charge is 0.410 e. The third kappa shape index (κ3) is 28.1. The highest BCUT2D eigenvalue weighted by atomic mass is 19.4. The molecule has 0 spiro atoms. The van der Waals surface area contributed by atoms with E-state index in [4.69, 9.17) is 4.74 Å². The molecule has 9 amide bonds. The highest BCUT2D eigenvalue weighted by molar-refractivity contribution is 5.86. The highest BCUT2D eigenvalue weighted by Crippen LogP contribution is 2.48. The molecule has 22 aliphatic heterocycles. The summed E-state index contributed by atoms with van der Waals surface area (Å²) in [5, 5.41) is 0. The summed E-state index contributed by atoms with van der Waals surface area (Å²) in [4.78, 5) is 143. The van der Waals surface area contributed by atoms with Crippen LogP contribution in [-0.2, 0) is 43.1 Å². The quantitative estimate of drug-likeness (QED) is 0.207. The van der Waals surface area contributed by atoms with Crippen molar-refractivity contribution in [3.8, 4) is 0 Å². The van der Waals surface area contributed by atoms with Crippen LogP contribution in [0.15, 0.2) is 0 Å². The predicted octanol–water partition coefficient (Wildman–Crippen LogP) is 15.8. The van der Waals surface area contributed by atoms with Crippen LogP contribution in [0.2, 0.25) is 0 Å². The maximum absolute atomic E-state index is 12.5. The minimum absolute atomic E-state index is 0.0298. The normalized spacial score (nSPS) is 31.0. The van der Waals surface area contributed by atoms with Gasteiger partial charge in [-0.3, -0.25) is 77.6 Å². The second-order valence-corrected chi connectivity index (χ2v) is 55.2. The van der Waals surface area contributed by atoms with Gasteiger partial charge in [-0.15, -0.1) is 0 Å². The van der Waals surface area contributed by atoms with Crippen LogP contribution >= 0.6 is 0 Å². The Labute approximate surface area is 849 Å². The van der Waals surface area contributed by atoms with E-state index < -0.39 is 59.9 Å². The van der Waals surface area contributed by atoms with Gasteiger partial charge in [0, 0.05) is 263 Å². The number of carbonyl (C=O) groups is 9. The molecule has 16 atom stereocenters. The molecule has 35 heteroatoms. The number of amides is 9. The van der Waals surface area contributed by atoms with Crippen molar-refractivity contribution in [2.24, 2.45) is 43.3 Å². The first-order valence-electron chi connectivity index (χ1n) is 54.5. The number of piperidine rings is 6. The molecule has 0 aromatic carbocycles. The number of hydrogen-bond acceptors (Lipinski definition) is 17. The van der Waals surface area contributed by atoms with Crippen LogP contribution in [-0.4, -0.2) is 401 Å². The van der Waals surface area contributed by atoms with E-state index in [9.17, 15) is 82.7 Å². The van der Waals surface area contributed by atoms with Gasteiger partial charge in [-0.2, -0.15) is 39.5 Å². The second kappa shape index (κ2) is 42.4. The molecule has 4 aliphatic carbocycles. The molecule has 22 saturated heterocycles. The fourth-order valence-electron chi connectivity index (χ4n) is 25.3. The van der Waals surface area contributed by atoms with Gasteiger partial charge in [0.05, 0.1) is 31.6 Å². The van der Waals surface area contributed by atoms with Gasteiger partial charge in [-0.25, -0.2) is 4.79 Å². The van der Waals surface area contributed by atoms with E-state index in [-0.39, 0.29) is 112 Å². The zero-order chi connectivity index (χ0) is 106. The number of nitrogens with zero attached hydrogens (tertiary/aromatic N) is 16. The number of halogens is 9. The van der Waals surface area contributed by atoms with E-state index >= 15 is 0 Å². The number of carbonyl (C=O) groups excluding carboxylic acids is 9. The zero-order valence-electron chi connectivity index (χ0n) is 92.0. The average Bonchev–Trinajstić information content (AvgIpc) is 1.58. The first-order chi connectivity index (χ1) is 65.6. The third-order valence-corrected chi connectivity index (χ3v) is 33.1. The number of alkyl halides is 9. The molecule has 26 rings (SSSR count). The number of likely N-dealkylation sites (tertiary alicyclic amines) is 2. The Hall–Kier alpha value is -5.88. The SMILES string of the molecule is CC(C)(C)C(=O)N1C2CC1CN(CC(F)(F)F)C2.CC(C)(C)C(=O)N1C2CCC1CN(C1CC1)C2.CC(C)(C)C(=O)N1C2CCC1CN(C1CCC1)C2.CC(C)(C)C(=O)N1CC2CC(C1)N2C1CC1.CC(C)(C)C(=O)N1CC2CC(C1)N2C1CCC1.CC(C)(C)C(=O)N1CC2CC(C1)N2CC(F)(F)F.CC(C)(C)C(=O)N1CC2CC(C1)N2CCC(F)(F)F.CC(C)(C)OC(=O)N1C2CC1CN(C(=O)C(C)(C)C)C2. The van der Waals surface area contributed by atoms with E-state index in [2.05, 4.69) is 39.2 Å². The third-order valence-electron chi connectivity index (χ3n) is 33.1. The van der Waals surface area contributed by atoms with Crippen LogP contribution in [0.5, 0.6) is 0 Å². The van der Waals surface area contributed by atoms with Crippen LogP contribution in [0.4, 0.5) is 44.3 Å². The van der Waals surface area contributed by atoms with Crippen molar-refractivity contribution in [2.75, 3.05) is 124 Å². The number of piperazine rings is 8. The Morgan fingerprint density at radius 1 is 0.231 bits per heavy atom. The number of rotatable bonds is 8. The van der Waals surface area contributed by atoms with Gasteiger partial charge in [0.2, 0.25) is 47.3 Å². The summed E-state index contributed by atoms with van der Waals surface area (Å²) in [6.45, 7) is 63.2. The fourth-order valence-corrected chi connectivity index (χ4v) is 25.3. The topological polar surface area (TPSA) is 215 Å². The van der Waals surface area contributed by atoms with Crippen LogP contribution in [0.3, 0.4) is 0 Å². The van der Waals surface area contributed by atoms with Gasteiger partial charge in [-0.1, -0.05) is 179 Å². The summed E-state index contributed by atoms with van der Waals surface area (Å²) in [6, 6.07) is 8.29. The molecule has 16 bridgehead atoms. The number of fused-ring (bicyclic) bond motifs is 16. The zero-order valence-corrected chi connectivity index (χ0v) is 92.0. The summed E-state index contributed by atoms with van der Waals surface area (Å²) in [5.74, 6) is 1.73. The molecule has 16 unspecified atom stereocenters. The Balaban J connectivity index is 0.000000137. The molecular formula is C108H181F9N16O10. The highest BCUT2D eigenvalue weighted by Gasteiger charge is 2.59. The number of hydrogen-bond donors (Lipinski definition) is 0. The van der Waals surface area contributed by atoms with E-state index in [0.29, 0.717) is 124 Å². The molecule has 816 valence electrons. The summed E-state index contributed by atoms with van der Waals surface area (Å²) in [6.07, 6.45) is 11.5. The van der Waals surface area contributed by atoms with Crippen molar-refractivity contribution in [1.82, 2.24) is 78.4 Å². The predicted molar refractivity (Wildman–Crippen MR) is 535 cm³/mol. The summed E-state index contributed by atoms with van der Waals surface area (Å²) < 4.78 is 116. The van der Waals surface area contributed by atoms with Crippen molar-refractivity contribution >= 4 is 53.4 Å². The molecule has 143 heavy (non-hydrogen) atoms. The molecular weight excluding hydrogens is 1850 g/mol. The van der Waals surface area contributed by atoms with Crippen molar-refractivity contribution in [2.45, 2.75) is 467 Å². The van der Waals surface area contributed by atoms with E-state index in [1.54, 1.807) is 14.7 Å². The van der Waals surface area contributed by atoms with Gasteiger partial charge in [0.1, 0.15) is 5.60 Å². The molecule has 22 heterocycles. The van der Waals surface area contributed by atoms with Crippen LogP contribution in [0, 0.1) is 43.3 Å². The Kier molecular flexibility index (Phi) is 33.9. The first-order valence-corrected chi connectivity index (χ1v) is 54.5. The summed E-state index contributed by atoms with van der Waals surface area (Å²) in [5.41, 5.74) is -3.04. The van der Waals surface area contributed by atoms with Crippen LogP contribution in [0.25, 0.3) is 0 Å². The van der Waals surface area contributed by atoms with Gasteiger partial charge in [0.15, 0.2) is 0 Å². The molecule has 0 aromatic rings. The lowest BCUT2D eigenvalue weighted by atomic mass is 9.79. The Morgan fingerprint density at radius 2 is 0.462 bits per heavy atom. The largest absolute Gasteiger partial charge is 0.444 e. The molecule has 0 radical (unpaired) electrons. The standard InChI is InChI=1S/C15H26N2O3.C15H26N2O.2C14H24N2O.C13H21F3N2O.C13H22N2O.2C12H19F3N2O/c1-14(2,3)12(18)16-8-10-7-11(9-16)17(10)13(19)20-15(4,5)6;1-15(2,3)14(18)17-12-7-8-13(17)10-16(9-12)11-5-4-6-11;1-14(2,3)13(17)16-11-6-7-12(16)9-15(8-11)10-4-5-10;1-14(2,3)13(17)15-8-11-7-12(9-15)16(11)10-5-4-6-10;1-12(2,3)11(19)17-7-9-6-10(8-17)18(9)5-4-13(14,15)16;1-13(2,3)12(16)14-7-10-6-11(8-14)15(10)9-4-5-9;1-11(2,3)10(18)16-5-8-4-9(6-16)17(8)7-12(13,14)15;1-11(2,3)10(18)17-8-4-9(17)6-16(5-8)7-12(13,14)15/h10-11H,7-9H2,1-6H3;11-13H,4-10H2,1-3H3;2*10-12H,4-9H2,1-3H3;9-10H,4-8H2,1-3H3;9-11H,4-8H2,1-3H3;2*8-9H,4-7H2,1-3H3. The molecule has 26 fully saturated rings. The lowest BCUT2D eigenvalue weighted by Gasteiger charge is -2.61. The Morgan fingerprint density at radius 3 is 0.713 bits per heavy atom. The monoisotopic (exact) mass is 2030 g/mol. The molecule has 26 aliphatic rings.